The van der Waals surface area contributed by atoms with Crippen LogP contribution in [-0.2, 0) is 16.4 Å². The van der Waals surface area contributed by atoms with Gasteiger partial charge >= 0.3 is 6.03 Å². The van der Waals surface area contributed by atoms with Crippen molar-refractivity contribution >= 4 is 21.7 Å². The molecule has 0 saturated carbocycles. The van der Waals surface area contributed by atoms with Crippen LogP contribution < -0.4 is 15.4 Å². The summed E-state index contributed by atoms with van der Waals surface area (Å²) in [6.07, 6.45) is 2.10. The summed E-state index contributed by atoms with van der Waals surface area (Å²) in [5.74, 6) is 0.543. The molecule has 0 aliphatic rings. The zero-order valence-electron chi connectivity index (χ0n) is 16.1. The Balaban J connectivity index is 1.48. The molecule has 0 saturated heterocycles. The lowest BCUT2D eigenvalue weighted by molar-refractivity contribution is 0.252. The number of carbonyl (C=O) groups excluding carboxylic acids is 1. The number of nitrogens with zero attached hydrogens (tertiary/aromatic N) is 1. The van der Waals surface area contributed by atoms with E-state index in [-0.39, 0.29) is 4.90 Å². The molecule has 3 aromatic rings. The molecule has 0 radical (unpaired) electrons. The van der Waals surface area contributed by atoms with Gasteiger partial charge < -0.3 is 15.1 Å². The summed E-state index contributed by atoms with van der Waals surface area (Å²) in [7, 11) is -2.16. The van der Waals surface area contributed by atoms with Crippen LogP contribution in [0.5, 0.6) is 0 Å². The van der Waals surface area contributed by atoms with Crippen LogP contribution in [0, 0.1) is 6.92 Å². The number of anilines is 1. The largest absolute Gasteiger partial charge is 0.444 e. The van der Waals surface area contributed by atoms with Gasteiger partial charge in [-0.05, 0) is 50.4 Å². The molecule has 1 heterocycles. The number of carbonyl (C=O) groups is 1. The number of aryl methyl sites for hydroxylation is 1. The third kappa shape index (κ3) is 5.43. The van der Waals surface area contributed by atoms with Crippen LogP contribution in [0.1, 0.15) is 11.3 Å². The van der Waals surface area contributed by atoms with Gasteiger partial charge in [0.25, 0.3) is 0 Å². The molecule has 152 valence electrons. The predicted molar refractivity (Wildman–Crippen MR) is 110 cm³/mol. The molecular formula is C20H22N4O4S. The van der Waals surface area contributed by atoms with Crippen molar-refractivity contribution in [1.29, 1.82) is 0 Å². The highest BCUT2D eigenvalue weighted by atomic mass is 32.2. The maximum atomic E-state index is 12.0. The fourth-order valence-corrected chi connectivity index (χ4v) is 3.30. The quantitative estimate of drug-likeness (QED) is 0.550. The van der Waals surface area contributed by atoms with Gasteiger partial charge in [-0.15, -0.1) is 0 Å². The van der Waals surface area contributed by atoms with Gasteiger partial charge in [0.1, 0.15) is 6.26 Å². The third-order valence-corrected chi connectivity index (χ3v) is 5.64. The Morgan fingerprint density at radius 3 is 2.41 bits per heavy atom. The number of amides is 2. The van der Waals surface area contributed by atoms with Gasteiger partial charge in [0.05, 0.1) is 10.6 Å². The van der Waals surface area contributed by atoms with Crippen LogP contribution in [0.2, 0.25) is 0 Å². The number of aromatic nitrogens is 1. The maximum absolute atomic E-state index is 12.0. The number of nitrogens with one attached hydrogen (secondary N) is 3. The second kappa shape index (κ2) is 8.89. The van der Waals surface area contributed by atoms with Gasteiger partial charge in [0.2, 0.25) is 15.9 Å². The molecule has 2 aromatic carbocycles. The van der Waals surface area contributed by atoms with Crippen LogP contribution in [0.15, 0.2) is 64.1 Å². The lowest BCUT2D eigenvalue weighted by Crippen LogP contribution is -2.30. The minimum absolute atomic E-state index is 0.126. The number of hydrogen-bond donors (Lipinski definition) is 3. The number of hydrogen-bond acceptors (Lipinski definition) is 5. The molecule has 0 aliphatic heterocycles. The summed E-state index contributed by atoms with van der Waals surface area (Å²) in [6, 6.07) is 13.4. The van der Waals surface area contributed by atoms with Gasteiger partial charge in [0, 0.05) is 24.2 Å². The molecule has 0 spiro atoms. The molecule has 2 amide bonds. The summed E-state index contributed by atoms with van der Waals surface area (Å²) >= 11 is 0. The Morgan fingerprint density at radius 1 is 1.07 bits per heavy atom. The van der Waals surface area contributed by atoms with Crippen molar-refractivity contribution in [1.82, 2.24) is 15.0 Å². The van der Waals surface area contributed by atoms with E-state index in [0.29, 0.717) is 24.5 Å². The van der Waals surface area contributed by atoms with Crippen molar-refractivity contribution in [2.24, 2.45) is 0 Å². The molecule has 8 nitrogen and oxygen atoms in total. The topological polar surface area (TPSA) is 113 Å². The second-order valence-electron chi connectivity index (χ2n) is 6.37. The summed E-state index contributed by atoms with van der Waals surface area (Å²) in [5.41, 5.74) is 3.29. The van der Waals surface area contributed by atoms with E-state index in [1.165, 1.54) is 31.3 Å². The average Bonchev–Trinajstić information content (AvgIpc) is 3.18. The highest BCUT2D eigenvalue weighted by Crippen LogP contribution is 2.19. The third-order valence-electron chi connectivity index (χ3n) is 4.21. The molecule has 0 aliphatic carbocycles. The Morgan fingerprint density at radius 2 is 1.76 bits per heavy atom. The second-order valence-corrected chi connectivity index (χ2v) is 8.26. The lowest BCUT2D eigenvalue weighted by Gasteiger charge is -2.08. The number of oxazole rings is 1. The minimum atomic E-state index is -3.50. The highest BCUT2D eigenvalue weighted by Gasteiger charge is 2.11. The van der Waals surface area contributed by atoms with E-state index >= 15 is 0 Å². The van der Waals surface area contributed by atoms with Gasteiger partial charge in [-0.3, -0.25) is 0 Å². The molecule has 0 fully saturated rings. The Kier molecular flexibility index (Phi) is 6.30. The zero-order chi connectivity index (χ0) is 20.9. The van der Waals surface area contributed by atoms with Crippen LogP contribution in [0.25, 0.3) is 11.5 Å². The smallest absolute Gasteiger partial charge is 0.319 e. The van der Waals surface area contributed by atoms with Crippen molar-refractivity contribution < 1.29 is 17.6 Å². The standard InChI is InChI=1S/C20H22N4O4S/c1-14-3-5-15(6-4-14)19-23-17(13-28-19)11-12-22-20(25)24-16-7-9-18(10-8-16)29(26,27)21-2/h3-10,13,21H,11-12H2,1-2H3,(H2,22,24,25). The first-order valence-electron chi connectivity index (χ1n) is 8.97. The molecular weight excluding hydrogens is 392 g/mol. The Hall–Kier alpha value is -3.17. The van der Waals surface area contributed by atoms with E-state index in [4.69, 9.17) is 4.42 Å². The van der Waals surface area contributed by atoms with Crippen LogP contribution in [0.4, 0.5) is 10.5 Å². The van der Waals surface area contributed by atoms with E-state index in [1.54, 1.807) is 6.26 Å². The van der Waals surface area contributed by atoms with E-state index in [0.717, 1.165) is 16.8 Å². The summed E-state index contributed by atoms with van der Waals surface area (Å²) in [6.45, 7) is 2.39. The first kappa shape index (κ1) is 20.6. The molecule has 29 heavy (non-hydrogen) atoms. The van der Waals surface area contributed by atoms with Crippen molar-refractivity contribution in [2.75, 3.05) is 18.9 Å². The fourth-order valence-electron chi connectivity index (χ4n) is 2.57. The first-order chi connectivity index (χ1) is 13.9. The van der Waals surface area contributed by atoms with E-state index in [1.807, 2.05) is 31.2 Å². The van der Waals surface area contributed by atoms with Gasteiger partial charge in [-0.25, -0.2) is 22.9 Å². The Bertz CT molecular complexity index is 1070. The van der Waals surface area contributed by atoms with Crippen molar-refractivity contribution in [2.45, 2.75) is 18.2 Å². The maximum Gasteiger partial charge on any atom is 0.319 e. The molecule has 1 aromatic heterocycles. The van der Waals surface area contributed by atoms with E-state index in [2.05, 4.69) is 20.3 Å². The van der Waals surface area contributed by atoms with Crippen molar-refractivity contribution in [3.8, 4) is 11.5 Å². The molecule has 3 N–H and O–H groups in total. The number of urea groups is 1. The summed E-state index contributed by atoms with van der Waals surface area (Å²) < 4.78 is 31.1. The van der Waals surface area contributed by atoms with Crippen LogP contribution in [-0.4, -0.2) is 33.0 Å². The molecule has 9 heteroatoms. The van der Waals surface area contributed by atoms with Gasteiger partial charge in [-0.2, -0.15) is 0 Å². The van der Waals surface area contributed by atoms with E-state index in [9.17, 15) is 13.2 Å². The molecule has 0 unspecified atom stereocenters. The highest BCUT2D eigenvalue weighted by molar-refractivity contribution is 7.89. The minimum Gasteiger partial charge on any atom is -0.444 e. The molecule has 0 atom stereocenters. The molecule has 0 bridgehead atoms. The van der Waals surface area contributed by atoms with Gasteiger partial charge in [0.15, 0.2) is 0 Å². The number of rotatable bonds is 7. The SMILES string of the molecule is CNS(=O)(=O)c1ccc(NC(=O)NCCc2coc(-c3ccc(C)cc3)n2)cc1. The first-order valence-corrected chi connectivity index (χ1v) is 10.5. The average molecular weight is 414 g/mol. The zero-order valence-corrected chi connectivity index (χ0v) is 16.9. The van der Waals surface area contributed by atoms with Crippen molar-refractivity contribution in [3.63, 3.8) is 0 Å². The van der Waals surface area contributed by atoms with Crippen molar-refractivity contribution in [3.05, 3.63) is 66.1 Å². The lowest BCUT2D eigenvalue weighted by atomic mass is 10.1. The van der Waals surface area contributed by atoms with Gasteiger partial charge in [-0.1, -0.05) is 17.7 Å². The summed E-state index contributed by atoms with van der Waals surface area (Å²) in [4.78, 5) is 16.6. The number of benzene rings is 2. The number of sulfonamides is 1. The van der Waals surface area contributed by atoms with Crippen LogP contribution in [0.3, 0.4) is 0 Å². The van der Waals surface area contributed by atoms with E-state index < -0.39 is 16.1 Å². The molecule has 3 rings (SSSR count). The summed E-state index contributed by atoms with van der Waals surface area (Å²) in [5, 5.41) is 5.38. The monoisotopic (exact) mass is 414 g/mol. The fraction of sp³-hybridized carbons (Fsp3) is 0.200. The Labute approximate surface area is 169 Å². The normalized spacial score (nSPS) is 11.2. The predicted octanol–water partition coefficient (Wildman–Crippen LogP) is 2.92. The van der Waals surface area contributed by atoms with Crippen LogP contribution >= 0.6 is 0 Å².